The SMILES string of the molecule is CCOOC(C(=O)OCC)C1CC=CC1. The first-order valence-corrected chi connectivity index (χ1v) is 5.39. The van der Waals surface area contributed by atoms with Gasteiger partial charge in [0.05, 0.1) is 13.2 Å². The average Bonchev–Trinajstić information content (AvgIpc) is 2.72. The lowest BCUT2D eigenvalue weighted by atomic mass is 10.0. The number of hydrogen-bond acceptors (Lipinski definition) is 4. The molecule has 1 rings (SSSR count). The molecule has 0 fully saturated rings. The van der Waals surface area contributed by atoms with E-state index < -0.39 is 6.10 Å². The van der Waals surface area contributed by atoms with Crippen LogP contribution in [0, 0.1) is 5.92 Å². The fourth-order valence-electron chi connectivity index (χ4n) is 1.56. The molecule has 0 bridgehead atoms. The topological polar surface area (TPSA) is 44.8 Å². The maximum absolute atomic E-state index is 11.6. The minimum Gasteiger partial charge on any atom is -0.464 e. The molecule has 15 heavy (non-hydrogen) atoms. The quantitative estimate of drug-likeness (QED) is 0.293. The Morgan fingerprint density at radius 3 is 2.53 bits per heavy atom. The van der Waals surface area contributed by atoms with Crippen molar-refractivity contribution in [2.75, 3.05) is 13.2 Å². The molecule has 0 heterocycles. The third kappa shape index (κ3) is 3.64. The van der Waals surface area contributed by atoms with Gasteiger partial charge in [-0.05, 0) is 26.7 Å². The van der Waals surface area contributed by atoms with E-state index in [1.165, 1.54) is 0 Å². The number of ether oxygens (including phenoxy) is 1. The first kappa shape index (κ1) is 12.2. The van der Waals surface area contributed by atoms with Crippen molar-refractivity contribution in [3.63, 3.8) is 0 Å². The second-order valence-electron chi connectivity index (χ2n) is 3.38. The third-order valence-corrected chi connectivity index (χ3v) is 2.28. The minimum absolute atomic E-state index is 0.149. The fourth-order valence-corrected chi connectivity index (χ4v) is 1.56. The zero-order valence-electron chi connectivity index (χ0n) is 9.27. The van der Waals surface area contributed by atoms with Crippen LogP contribution in [0.5, 0.6) is 0 Å². The molecule has 1 aliphatic carbocycles. The van der Waals surface area contributed by atoms with E-state index in [-0.39, 0.29) is 11.9 Å². The molecular weight excluding hydrogens is 196 g/mol. The zero-order valence-corrected chi connectivity index (χ0v) is 9.27. The van der Waals surface area contributed by atoms with E-state index in [2.05, 4.69) is 0 Å². The summed E-state index contributed by atoms with van der Waals surface area (Å²) in [5.41, 5.74) is 0. The minimum atomic E-state index is -0.597. The lowest BCUT2D eigenvalue weighted by Crippen LogP contribution is -2.33. The lowest BCUT2D eigenvalue weighted by molar-refractivity contribution is -0.326. The van der Waals surface area contributed by atoms with E-state index >= 15 is 0 Å². The highest BCUT2D eigenvalue weighted by molar-refractivity contribution is 5.75. The first-order valence-electron chi connectivity index (χ1n) is 5.39. The van der Waals surface area contributed by atoms with Gasteiger partial charge in [0.1, 0.15) is 0 Å². The molecule has 1 unspecified atom stereocenters. The molecule has 0 spiro atoms. The van der Waals surface area contributed by atoms with Crippen molar-refractivity contribution in [2.45, 2.75) is 32.8 Å². The van der Waals surface area contributed by atoms with Gasteiger partial charge in [0, 0.05) is 5.92 Å². The maximum Gasteiger partial charge on any atom is 0.338 e. The average molecular weight is 214 g/mol. The Hall–Kier alpha value is -0.870. The highest BCUT2D eigenvalue weighted by Crippen LogP contribution is 2.24. The highest BCUT2D eigenvalue weighted by atomic mass is 17.2. The standard InChI is InChI=1S/C11H18O4/c1-3-13-11(12)10(15-14-4-2)9-7-5-6-8-9/h5-6,9-10H,3-4,7-8H2,1-2H3. The van der Waals surface area contributed by atoms with Crippen LogP contribution in [0.2, 0.25) is 0 Å². The molecule has 0 aromatic heterocycles. The highest BCUT2D eigenvalue weighted by Gasteiger charge is 2.31. The van der Waals surface area contributed by atoms with E-state index in [9.17, 15) is 4.79 Å². The van der Waals surface area contributed by atoms with Gasteiger partial charge in [0.2, 0.25) is 0 Å². The van der Waals surface area contributed by atoms with Gasteiger partial charge < -0.3 is 4.74 Å². The van der Waals surface area contributed by atoms with Crippen molar-refractivity contribution in [3.8, 4) is 0 Å². The smallest absolute Gasteiger partial charge is 0.338 e. The summed E-state index contributed by atoms with van der Waals surface area (Å²) in [5.74, 6) is -0.185. The molecule has 0 aromatic rings. The van der Waals surface area contributed by atoms with Crippen LogP contribution in [-0.2, 0) is 19.3 Å². The summed E-state index contributed by atoms with van der Waals surface area (Å²) in [6.07, 6.45) is 5.19. The molecule has 4 heteroatoms. The Bertz CT molecular complexity index is 217. The molecule has 0 radical (unpaired) electrons. The van der Waals surface area contributed by atoms with Crippen LogP contribution in [-0.4, -0.2) is 25.3 Å². The molecule has 86 valence electrons. The van der Waals surface area contributed by atoms with Crippen molar-refractivity contribution < 1.29 is 19.3 Å². The van der Waals surface area contributed by atoms with Crippen molar-refractivity contribution in [2.24, 2.45) is 5.92 Å². The molecule has 0 aliphatic heterocycles. The van der Waals surface area contributed by atoms with Gasteiger partial charge in [-0.1, -0.05) is 12.2 Å². The van der Waals surface area contributed by atoms with Crippen LogP contribution in [0.15, 0.2) is 12.2 Å². The van der Waals surface area contributed by atoms with Crippen LogP contribution in [0.4, 0.5) is 0 Å². The maximum atomic E-state index is 11.6. The predicted molar refractivity (Wildman–Crippen MR) is 55.0 cm³/mol. The summed E-state index contributed by atoms with van der Waals surface area (Å²) in [6, 6.07) is 0. The first-order chi connectivity index (χ1) is 7.29. The van der Waals surface area contributed by atoms with Crippen molar-refractivity contribution >= 4 is 5.97 Å². The summed E-state index contributed by atoms with van der Waals surface area (Å²) >= 11 is 0. The van der Waals surface area contributed by atoms with E-state index in [0.29, 0.717) is 13.2 Å². The normalized spacial score (nSPS) is 18.0. The number of rotatable bonds is 6. The largest absolute Gasteiger partial charge is 0.464 e. The van der Waals surface area contributed by atoms with E-state index in [4.69, 9.17) is 14.5 Å². The Morgan fingerprint density at radius 1 is 1.33 bits per heavy atom. The van der Waals surface area contributed by atoms with Gasteiger partial charge in [-0.15, -0.1) is 0 Å². The molecule has 0 N–H and O–H groups in total. The molecule has 4 nitrogen and oxygen atoms in total. The van der Waals surface area contributed by atoms with Crippen LogP contribution >= 0.6 is 0 Å². The number of carbonyl (C=O) groups excluding carboxylic acids is 1. The molecule has 1 atom stereocenters. The second-order valence-corrected chi connectivity index (χ2v) is 3.38. The molecule has 0 amide bonds. The Morgan fingerprint density at radius 2 is 2.00 bits per heavy atom. The Balaban J connectivity index is 2.47. The fraction of sp³-hybridized carbons (Fsp3) is 0.727. The lowest BCUT2D eigenvalue weighted by Gasteiger charge is -2.20. The van der Waals surface area contributed by atoms with E-state index in [1.807, 2.05) is 19.1 Å². The summed E-state index contributed by atoms with van der Waals surface area (Å²) in [5, 5.41) is 0. The summed E-state index contributed by atoms with van der Waals surface area (Å²) in [4.78, 5) is 21.5. The molecular formula is C11H18O4. The summed E-state index contributed by atoms with van der Waals surface area (Å²) < 4.78 is 4.94. The number of hydrogen-bond donors (Lipinski definition) is 0. The van der Waals surface area contributed by atoms with Gasteiger partial charge in [0.15, 0.2) is 6.10 Å². The van der Waals surface area contributed by atoms with E-state index in [0.717, 1.165) is 12.8 Å². The van der Waals surface area contributed by atoms with Gasteiger partial charge in [-0.2, -0.15) is 0 Å². The summed E-state index contributed by atoms with van der Waals surface area (Å²) in [6.45, 7) is 4.39. The Kier molecular flexibility index (Phi) is 5.36. The monoisotopic (exact) mass is 214 g/mol. The van der Waals surface area contributed by atoms with Gasteiger partial charge in [-0.25, -0.2) is 14.6 Å². The van der Waals surface area contributed by atoms with Gasteiger partial charge in [0.25, 0.3) is 0 Å². The summed E-state index contributed by atoms with van der Waals surface area (Å²) in [7, 11) is 0. The third-order valence-electron chi connectivity index (χ3n) is 2.28. The second kappa shape index (κ2) is 6.58. The number of carbonyl (C=O) groups is 1. The van der Waals surface area contributed by atoms with Crippen LogP contribution in [0.3, 0.4) is 0 Å². The van der Waals surface area contributed by atoms with Gasteiger partial charge >= 0.3 is 5.97 Å². The number of allylic oxidation sites excluding steroid dienone is 2. The van der Waals surface area contributed by atoms with E-state index in [1.54, 1.807) is 6.92 Å². The zero-order chi connectivity index (χ0) is 11.1. The predicted octanol–water partition coefficient (Wildman–Crippen LogP) is 1.85. The van der Waals surface area contributed by atoms with Crippen LogP contribution < -0.4 is 0 Å². The van der Waals surface area contributed by atoms with Crippen molar-refractivity contribution in [1.82, 2.24) is 0 Å². The van der Waals surface area contributed by atoms with Crippen molar-refractivity contribution in [1.29, 1.82) is 0 Å². The molecule has 0 aromatic carbocycles. The molecule has 1 aliphatic rings. The van der Waals surface area contributed by atoms with Crippen LogP contribution in [0.1, 0.15) is 26.7 Å². The van der Waals surface area contributed by atoms with Crippen LogP contribution in [0.25, 0.3) is 0 Å². The number of esters is 1. The Labute approximate surface area is 90.1 Å². The van der Waals surface area contributed by atoms with Crippen molar-refractivity contribution in [3.05, 3.63) is 12.2 Å². The molecule has 0 saturated carbocycles. The van der Waals surface area contributed by atoms with Gasteiger partial charge in [-0.3, -0.25) is 0 Å². The molecule has 0 saturated heterocycles.